The average molecular weight is 311 g/mol. The molecule has 0 saturated heterocycles. The Kier molecular flexibility index (Phi) is 4.88. The van der Waals surface area contributed by atoms with Crippen LogP contribution >= 0.6 is 11.8 Å². The van der Waals surface area contributed by atoms with Crippen molar-refractivity contribution in [2.24, 2.45) is 0 Å². The van der Waals surface area contributed by atoms with Crippen molar-refractivity contribution in [2.45, 2.75) is 11.8 Å². The molecule has 110 valence electrons. The summed E-state index contributed by atoms with van der Waals surface area (Å²) in [5, 5.41) is 18.9. The van der Waals surface area contributed by atoms with E-state index < -0.39 is 0 Å². The maximum Gasteiger partial charge on any atom is 0.301 e. The lowest BCUT2D eigenvalue weighted by Crippen LogP contribution is -2.19. The molecule has 0 radical (unpaired) electrons. The topological polar surface area (TPSA) is 97.0 Å². The quantitative estimate of drug-likeness (QED) is 0.875. The van der Waals surface area contributed by atoms with Crippen molar-refractivity contribution < 1.29 is 9.72 Å². The van der Waals surface area contributed by atoms with E-state index in [0.29, 0.717) is 12.2 Å². The van der Waals surface area contributed by atoms with Gasteiger partial charge in [-0.2, -0.15) is 10.5 Å². The summed E-state index contributed by atoms with van der Waals surface area (Å²) in [7, 11) is 0. The van der Waals surface area contributed by atoms with Gasteiger partial charge >= 0.3 is 5.88 Å². The fourth-order valence-corrected chi connectivity index (χ4v) is 2.55. The first-order valence-electron chi connectivity index (χ1n) is 6.62. The molecule has 1 aromatic heterocycles. The number of aromatic amines is 1. The summed E-state index contributed by atoms with van der Waals surface area (Å²) in [4.78, 5) is 3.88. The van der Waals surface area contributed by atoms with Gasteiger partial charge in [0.25, 0.3) is 5.82 Å². The van der Waals surface area contributed by atoms with Crippen LogP contribution in [0.2, 0.25) is 0 Å². The third-order valence-electron chi connectivity index (χ3n) is 3.14. The number of pyridine rings is 1. The number of anilines is 1. The molecule has 0 unspecified atom stereocenters. The van der Waals surface area contributed by atoms with Gasteiger partial charge in [0.05, 0.1) is 6.61 Å². The molecule has 0 atom stereocenters. The van der Waals surface area contributed by atoms with Gasteiger partial charge in [0.15, 0.2) is 5.56 Å². The zero-order valence-electron chi connectivity index (χ0n) is 12.3. The zero-order chi connectivity index (χ0) is 16.1. The lowest BCUT2D eigenvalue weighted by Gasteiger charge is -2.10. The second-order valence-electron chi connectivity index (χ2n) is 4.38. The van der Waals surface area contributed by atoms with Crippen LogP contribution in [0.4, 0.5) is 5.82 Å². The molecule has 1 heterocycles. The fraction of sp³-hybridized carbons (Fsp3) is 0.188. The lowest BCUT2D eigenvalue weighted by atomic mass is 9.96. The highest BCUT2D eigenvalue weighted by molar-refractivity contribution is 7.98. The van der Waals surface area contributed by atoms with Crippen molar-refractivity contribution in [1.29, 1.82) is 10.5 Å². The van der Waals surface area contributed by atoms with E-state index in [1.54, 1.807) is 11.8 Å². The Morgan fingerprint density at radius 3 is 2.32 bits per heavy atom. The van der Waals surface area contributed by atoms with E-state index in [-0.39, 0.29) is 22.8 Å². The highest BCUT2D eigenvalue weighted by Crippen LogP contribution is 2.33. The third kappa shape index (κ3) is 2.83. The number of nitrogens with one attached hydrogen (secondary N) is 1. The maximum absolute atomic E-state index is 9.49. The fourth-order valence-electron chi connectivity index (χ4n) is 2.14. The Balaban J connectivity index is 2.76. The minimum Gasteiger partial charge on any atom is -0.462 e. The molecule has 2 rings (SSSR count). The SMILES string of the molecule is CCOc1[nH+]c(N)c(C#N)c(-c2ccc(SC)cc2)c1C#N. The minimum atomic E-state index is 0.189. The molecule has 1 aromatic carbocycles. The number of aromatic nitrogens is 1. The van der Waals surface area contributed by atoms with Crippen molar-refractivity contribution in [1.82, 2.24) is 0 Å². The van der Waals surface area contributed by atoms with E-state index in [1.165, 1.54) is 0 Å². The number of nitrogens with zero attached hydrogens (tertiary/aromatic N) is 2. The van der Waals surface area contributed by atoms with Gasteiger partial charge in [-0.1, -0.05) is 12.1 Å². The van der Waals surface area contributed by atoms with Gasteiger partial charge in [-0.05, 0) is 30.9 Å². The Bertz CT molecular complexity index is 773. The van der Waals surface area contributed by atoms with Crippen LogP contribution in [0.1, 0.15) is 18.1 Å². The Labute approximate surface area is 133 Å². The molecule has 0 aliphatic carbocycles. The summed E-state index contributed by atoms with van der Waals surface area (Å²) in [5.41, 5.74) is 7.69. The number of hydrogen-bond donors (Lipinski definition) is 1. The number of H-pyrrole nitrogens is 1. The summed E-state index contributed by atoms with van der Waals surface area (Å²) >= 11 is 1.62. The molecule has 5 nitrogen and oxygen atoms in total. The molecule has 22 heavy (non-hydrogen) atoms. The second kappa shape index (κ2) is 6.84. The maximum atomic E-state index is 9.49. The number of hydrogen-bond acceptors (Lipinski definition) is 5. The van der Waals surface area contributed by atoms with Crippen molar-refractivity contribution in [2.75, 3.05) is 18.6 Å². The highest BCUT2D eigenvalue weighted by Gasteiger charge is 2.24. The standard InChI is InChI=1S/C16H14N4OS/c1-3-21-16-13(9-18)14(12(8-17)15(19)20-16)10-4-6-11(22-2)7-5-10/h4-7H,3H2,1-2H3,(H2,19,20)/p+1. The first-order valence-corrected chi connectivity index (χ1v) is 7.84. The smallest absolute Gasteiger partial charge is 0.301 e. The summed E-state index contributed by atoms with van der Waals surface area (Å²) in [6, 6.07) is 11.8. The Hall–Kier alpha value is -2.70. The Morgan fingerprint density at radius 2 is 1.82 bits per heavy atom. The van der Waals surface area contributed by atoms with Crippen LogP contribution in [-0.4, -0.2) is 12.9 Å². The number of thioether (sulfide) groups is 1. The highest BCUT2D eigenvalue weighted by atomic mass is 32.2. The zero-order valence-corrected chi connectivity index (χ0v) is 13.1. The molecule has 0 aliphatic heterocycles. The van der Waals surface area contributed by atoms with Gasteiger partial charge in [0.1, 0.15) is 17.7 Å². The molecular weight excluding hydrogens is 296 g/mol. The predicted octanol–water partition coefficient (Wildman–Crippen LogP) is 2.61. The molecule has 3 N–H and O–H groups in total. The first kappa shape index (κ1) is 15.7. The second-order valence-corrected chi connectivity index (χ2v) is 5.26. The van der Waals surface area contributed by atoms with E-state index in [2.05, 4.69) is 17.1 Å². The van der Waals surface area contributed by atoms with Gasteiger partial charge in [-0.3, -0.25) is 5.73 Å². The minimum absolute atomic E-state index is 0.189. The normalized spacial score (nSPS) is 9.82. The molecular formula is C16H15N4OS+. The van der Waals surface area contributed by atoms with E-state index in [9.17, 15) is 10.5 Å². The molecule has 0 aliphatic rings. The molecule has 0 bridgehead atoms. The van der Waals surface area contributed by atoms with Crippen LogP contribution in [-0.2, 0) is 0 Å². The summed E-state index contributed by atoms with van der Waals surface area (Å²) in [5.74, 6) is 0.472. The predicted molar refractivity (Wildman–Crippen MR) is 85.2 cm³/mol. The van der Waals surface area contributed by atoms with Crippen molar-refractivity contribution >= 4 is 17.6 Å². The lowest BCUT2D eigenvalue weighted by molar-refractivity contribution is -0.377. The van der Waals surface area contributed by atoms with Crippen LogP contribution in [0.3, 0.4) is 0 Å². The van der Waals surface area contributed by atoms with Gasteiger partial charge in [-0.15, -0.1) is 11.8 Å². The summed E-state index contributed by atoms with van der Waals surface area (Å²) < 4.78 is 5.44. The van der Waals surface area contributed by atoms with Crippen molar-refractivity contribution in [3.05, 3.63) is 35.4 Å². The van der Waals surface area contributed by atoms with E-state index in [0.717, 1.165) is 10.5 Å². The van der Waals surface area contributed by atoms with Crippen LogP contribution in [0, 0.1) is 22.7 Å². The van der Waals surface area contributed by atoms with Crippen LogP contribution in [0.5, 0.6) is 5.88 Å². The van der Waals surface area contributed by atoms with Crippen LogP contribution < -0.4 is 15.5 Å². The molecule has 2 aromatic rings. The van der Waals surface area contributed by atoms with Crippen LogP contribution in [0.15, 0.2) is 29.2 Å². The summed E-state index contributed by atoms with van der Waals surface area (Å²) in [6.07, 6.45) is 1.99. The molecule has 6 heteroatoms. The van der Waals surface area contributed by atoms with Gasteiger partial charge in [0, 0.05) is 10.5 Å². The largest absolute Gasteiger partial charge is 0.462 e. The first-order chi connectivity index (χ1) is 10.7. The summed E-state index contributed by atoms with van der Waals surface area (Å²) in [6.45, 7) is 2.21. The van der Waals surface area contributed by atoms with Crippen molar-refractivity contribution in [3.63, 3.8) is 0 Å². The third-order valence-corrected chi connectivity index (χ3v) is 3.88. The Morgan fingerprint density at radius 1 is 1.18 bits per heavy atom. The number of benzene rings is 1. The van der Waals surface area contributed by atoms with Crippen LogP contribution in [0.25, 0.3) is 11.1 Å². The van der Waals surface area contributed by atoms with E-state index >= 15 is 0 Å². The monoisotopic (exact) mass is 311 g/mol. The molecule has 0 fully saturated rings. The van der Waals surface area contributed by atoms with Gasteiger partial charge in [-0.25, -0.2) is 4.98 Å². The molecule has 0 spiro atoms. The van der Waals surface area contributed by atoms with E-state index in [1.807, 2.05) is 37.4 Å². The number of nitrogen functional groups attached to an aromatic ring is 1. The number of ether oxygens (including phenoxy) is 1. The number of nitriles is 2. The number of nitrogens with two attached hydrogens (primary N) is 1. The van der Waals surface area contributed by atoms with Crippen molar-refractivity contribution in [3.8, 4) is 29.1 Å². The van der Waals surface area contributed by atoms with E-state index in [4.69, 9.17) is 10.5 Å². The molecule has 0 saturated carbocycles. The average Bonchev–Trinajstić information content (AvgIpc) is 2.54. The number of rotatable bonds is 4. The van der Waals surface area contributed by atoms with Gasteiger partial charge in [0.2, 0.25) is 0 Å². The van der Waals surface area contributed by atoms with Gasteiger partial charge < -0.3 is 4.74 Å². The molecule has 0 amide bonds.